The van der Waals surface area contributed by atoms with Crippen molar-refractivity contribution in [2.75, 3.05) is 12.8 Å². The van der Waals surface area contributed by atoms with Crippen molar-refractivity contribution in [1.29, 1.82) is 0 Å². The van der Waals surface area contributed by atoms with Gasteiger partial charge in [0, 0.05) is 12.3 Å². The van der Waals surface area contributed by atoms with Crippen LogP contribution in [0.1, 0.15) is 45.2 Å². The Morgan fingerprint density at radius 2 is 1.74 bits per heavy atom. The van der Waals surface area contributed by atoms with Crippen molar-refractivity contribution in [2.24, 2.45) is 5.92 Å². The second-order valence-corrected chi connectivity index (χ2v) is 7.16. The van der Waals surface area contributed by atoms with Crippen LogP contribution in [0.4, 0.5) is 0 Å². The molecule has 0 spiro atoms. The minimum Gasteiger partial charge on any atom is -0.310 e. The second-order valence-electron chi connectivity index (χ2n) is 5.14. The van der Waals surface area contributed by atoms with E-state index in [-0.39, 0.29) is 0 Å². The topological polar surface area (TPSA) is 46.2 Å². The lowest BCUT2D eigenvalue weighted by atomic mass is 9.91. The molecule has 1 aromatic carbocycles. The Hall–Kier alpha value is -0.870. The summed E-state index contributed by atoms with van der Waals surface area (Å²) in [6.07, 6.45) is 3.56. The van der Waals surface area contributed by atoms with Gasteiger partial charge in [-0.25, -0.2) is 8.42 Å². The van der Waals surface area contributed by atoms with Crippen LogP contribution in [-0.2, 0) is 9.84 Å². The predicted molar refractivity (Wildman–Crippen MR) is 80.0 cm³/mol. The van der Waals surface area contributed by atoms with E-state index in [4.69, 9.17) is 0 Å². The van der Waals surface area contributed by atoms with Crippen LogP contribution in [0.15, 0.2) is 29.2 Å². The van der Waals surface area contributed by atoms with Crippen LogP contribution >= 0.6 is 0 Å². The number of hydrogen-bond donors (Lipinski definition) is 1. The first-order valence-electron chi connectivity index (χ1n) is 6.93. The minimum atomic E-state index is -3.11. The van der Waals surface area contributed by atoms with Gasteiger partial charge in [-0.2, -0.15) is 0 Å². The summed E-state index contributed by atoms with van der Waals surface area (Å²) in [6.45, 7) is 7.43. The summed E-state index contributed by atoms with van der Waals surface area (Å²) < 4.78 is 22.9. The average molecular weight is 283 g/mol. The molecule has 2 atom stereocenters. The van der Waals surface area contributed by atoms with Gasteiger partial charge in [0.2, 0.25) is 0 Å². The Kier molecular flexibility index (Phi) is 6.01. The fourth-order valence-corrected chi connectivity index (χ4v) is 3.04. The molecule has 0 aliphatic rings. The van der Waals surface area contributed by atoms with Crippen molar-refractivity contribution in [1.82, 2.24) is 5.32 Å². The highest BCUT2D eigenvalue weighted by molar-refractivity contribution is 7.90. The van der Waals surface area contributed by atoms with Gasteiger partial charge >= 0.3 is 0 Å². The fraction of sp³-hybridized carbons (Fsp3) is 0.600. The molecule has 0 heterocycles. The molecule has 0 saturated carbocycles. The molecule has 0 bridgehead atoms. The van der Waals surface area contributed by atoms with Crippen LogP contribution < -0.4 is 5.32 Å². The standard InChI is InChI=1S/C15H25NO2S/c1-5-7-12(3)15(16-6-2)13-8-10-14(11-9-13)19(4,17)18/h8-12,15-16H,5-7H2,1-4H3. The molecule has 108 valence electrons. The fourth-order valence-electron chi connectivity index (χ4n) is 2.41. The highest BCUT2D eigenvalue weighted by Crippen LogP contribution is 2.26. The smallest absolute Gasteiger partial charge is 0.175 e. The van der Waals surface area contributed by atoms with Gasteiger partial charge in [0.05, 0.1) is 4.90 Å². The maximum atomic E-state index is 11.5. The van der Waals surface area contributed by atoms with Crippen LogP contribution in [0.25, 0.3) is 0 Å². The molecule has 0 aliphatic heterocycles. The van der Waals surface area contributed by atoms with E-state index in [1.54, 1.807) is 12.1 Å². The maximum Gasteiger partial charge on any atom is 0.175 e. The van der Waals surface area contributed by atoms with E-state index < -0.39 is 9.84 Å². The summed E-state index contributed by atoms with van der Waals surface area (Å²) in [5.41, 5.74) is 1.16. The Labute approximate surface area is 117 Å². The van der Waals surface area contributed by atoms with Gasteiger partial charge in [0.1, 0.15) is 0 Å². The summed E-state index contributed by atoms with van der Waals surface area (Å²) in [5, 5.41) is 3.49. The molecule has 1 rings (SSSR count). The zero-order valence-electron chi connectivity index (χ0n) is 12.3. The number of benzene rings is 1. The third kappa shape index (κ3) is 4.62. The van der Waals surface area contributed by atoms with E-state index in [1.807, 2.05) is 12.1 Å². The average Bonchev–Trinajstić information content (AvgIpc) is 2.35. The predicted octanol–water partition coefficient (Wildman–Crippen LogP) is 3.18. The van der Waals surface area contributed by atoms with E-state index in [0.29, 0.717) is 16.9 Å². The third-order valence-corrected chi connectivity index (χ3v) is 4.53. The lowest BCUT2D eigenvalue weighted by Gasteiger charge is -2.25. The molecule has 19 heavy (non-hydrogen) atoms. The zero-order chi connectivity index (χ0) is 14.5. The summed E-state index contributed by atoms with van der Waals surface area (Å²) >= 11 is 0. The van der Waals surface area contributed by atoms with E-state index in [0.717, 1.165) is 24.9 Å². The minimum absolute atomic E-state index is 0.290. The third-order valence-electron chi connectivity index (χ3n) is 3.40. The van der Waals surface area contributed by atoms with Crippen molar-refractivity contribution < 1.29 is 8.42 Å². The second kappa shape index (κ2) is 7.06. The van der Waals surface area contributed by atoms with Crippen LogP contribution in [0, 0.1) is 5.92 Å². The first-order chi connectivity index (χ1) is 8.90. The van der Waals surface area contributed by atoms with Crippen LogP contribution in [-0.4, -0.2) is 21.2 Å². The molecule has 2 unspecified atom stereocenters. The molecule has 0 saturated heterocycles. The Bertz CT molecular complexity index is 479. The largest absolute Gasteiger partial charge is 0.310 e. The van der Waals surface area contributed by atoms with Gasteiger partial charge in [-0.1, -0.05) is 39.3 Å². The maximum absolute atomic E-state index is 11.5. The highest BCUT2D eigenvalue weighted by atomic mass is 32.2. The van der Waals surface area contributed by atoms with Crippen LogP contribution in [0.3, 0.4) is 0 Å². The Morgan fingerprint density at radius 1 is 1.16 bits per heavy atom. The Morgan fingerprint density at radius 3 is 2.16 bits per heavy atom. The molecular formula is C15H25NO2S. The first kappa shape index (κ1) is 16.2. The van der Waals surface area contributed by atoms with Gasteiger partial charge < -0.3 is 5.32 Å². The van der Waals surface area contributed by atoms with Gasteiger partial charge in [0.15, 0.2) is 9.84 Å². The van der Waals surface area contributed by atoms with Crippen molar-refractivity contribution in [2.45, 2.75) is 44.6 Å². The van der Waals surface area contributed by atoms with Crippen molar-refractivity contribution >= 4 is 9.84 Å². The molecule has 0 amide bonds. The highest BCUT2D eigenvalue weighted by Gasteiger charge is 2.18. The van der Waals surface area contributed by atoms with Crippen molar-refractivity contribution in [3.05, 3.63) is 29.8 Å². The number of hydrogen-bond acceptors (Lipinski definition) is 3. The summed E-state index contributed by atoms with van der Waals surface area (Å²) in [5.74, 6) is 0.536. The van der Waals surface area contributed by atoms with Gasteiger partial charge in [-0.05, 0) is 36.6 Å². The van der Waals surface area contributed by atoms with Crippen molar-refractivity contribution in [3.8, 4) is 0 Å². The van der Waals surface area contributed by atoms with Crippen LogP contribution in [0.2, 0.25) is 0 Å². The molecule has 3 nitrogen and oxygen atoms in total. The van der Waals surface area contributed by atoms with E-state index in [2.05, 4.69) is 26.1 Å². The molecule has 4 heteroatoms. The van der Waals surface area contributed by atoms with E-state index in [9.17, 15) is 8.42 Å². The van der Waals surface area contributed by atoms with E-state index in [1.165, 1.54) is 6.26 Å². The van der Waals surface area contributed by atoms with Crippen LogP contribution in [0.5, 0.6) is 0 Å². The Balaban J connectivity index is 2.97. The van der Waals surface area contributed by atoms with Gasteiger partial charge in [-0.15, -0.1) is 0 Å². The first-order valence-corrected chi connectivity index (χ1v) is 8.82. The normalized spacial score (nSPS) is 15.2. The molecular weight excluding hydrogens is 258 g/mol. The molecule has 0 radical (unpaired) electrons. The summed E-state index contributed by atoms with van der Waals surface area (Å²) in [4.78, 5) is 0.384. The van der Waals surface area contributed by atoms with Gasteiger partial charge in [0.25, 0.3) is 0 Å². The summed E-state index contributed by atoms with van der Waals surface area (Å²) in [6, 6.07) is 7.55. The molecule has 0 fully saturated rings. The molecule has 1 N–H and O–H groups in total. The summed E-state index contributed by atoms with van der Waals surface area (Å²) in [7, 11) is -3.11. The zero-order valence-corrected chi connectivity index (χ0v) is 13.1. The van der Waals surface area contributed by atoms with Gasteiger partial charge in [-0.3, -0.25) is 0 Å². The lowest BCUT2D eigenvalue weighted by Crippen LogP contribution is -2.26. The molecule has 0 aliphatic carbocycles. The number of sulfone groups is 1. The number of nitrogens with one attached hydrogen (secondary N) is 1. The quantitative estimate of drug-likeness (QED) is 0.836. The lowest BCUT2D eigenvalue weighted by molar-refractivity contribution is 0.369. The molecule has 1 aromatic rings. The molecule has 0 aromatic heterocycles. The number of rotatable bonds is 7. The van der Waals surface area contributed by atoms with Crippen molar-refractivity contribution in [3.63, 3.8) is 0 Å². The monoisotopic (exact) mass is 283 g/mol. The van der Waals surface area contributed by atoms with E-state index >= 15 is 0 Å². The SMILES string of the molecule is CCCC(C)C(NCC)c1ccc(S(C)(=O)=O)cc1.